The molecule has 0 saturated heterocycles. The van der Waals surface area contributed by atoms with Gasteiger partial charge < -0.3 is 10.5 Å². The van der Waals surface area contributed by atoms with E-state index in [0.29, 0.717) is 6.61 Å². The second kappa shape index (κ2) is 6.31. The van der Waals surface area contributed by atoms with Crippen molar-refractivity contribution in [1.82, 2.24) is 0 Å². The molecule has 0 heterocycles. The average molecular weight is 281 g/mol. The van der Waals surface area contributed by atoms with Crippen molar-refractivity contribution in [3.05, 3.63) is 65.2 Å². The molecule has 0 radical (unpaired) electrons. The van der Waals surface area contributed by atoms with E-state index in [1.54, 1.807) is 0 Å². The van der Waals surface area contributed by atoms with E-state index in [0.717, 1.165) is 17.2 Å². The van der Waals surface area contributed by atoms with Gasteiger partial charge in [-0.05, 0) is 54.5 Å². The fourth-order valence-electron chi connectivity index (χ4n) is 2.90. The number of hydrogen-bond acceptors (Lipinski definition) is 2. The first-order valence-corrected chi connectivity index (χ1v) is 7.86. The summed E-state index contributed by atoms with van der Waals surface area (Å²) in [5, 5.41) is 0. The van der Waals surface area contributed by atoms with Crippen LogP contribution in [0.2, 0.25) is 0 Å². The summed E-state index contributed by atoms with van der Waals surface area (Å²) in [6, 6.07) is 16.8. The normalized spacial score (nSPS) is 16.3. The lowest BCUT2D eigenvalue weighted by atomic mass is 9.79. The monoisotopic (exact) mass is 281 g/mol. The van der Waals surface area contributed by atoms with Gasteiger partial charge in [-0.2, -0.15) is 0 Å². The number of hydrogen-bond donors (Lipinski definition) is 1. The molecule has 2 nitrogen and oxygen atoms in total. The lowest BCUT2D eigenvalue weighted by Gasteiger charge is -2.26. The summed E-state index contributed by atoms with van der Waals surface area (Å²) >= 11 is 0. The molecule has 0 spiro atoms. The topological polar surface area (TPSA) is 35.2 Å². The van der Waals surface area contributed by atoms with Crippen molar-refractivity contribution in [3.8, 4) is 5.75 Å². The van der Waals surface area contributed by atoms with Crippen molar-refractivity contribution in [2.45, 2.75) is 38.1 Å². The Morgan fingerprint density at radius 2 is 1.81 bits per heavy atom. The molecule has 0 aromatic heterocycles. The maximum Gasteiger partial charge on any atom is 0.119 e. The number of rotatable bonds is 5. The maximum atomic E-state index is 6.45. The highest BCUT2D eigenvalue weighted by Gasteiger charge is 2.20. The van der Waals surface area contributed by atoms with Gasteiger partial charge in [0.25, 0.3) is 0 Å². The molecule has 1 fully saturated rings. The molecular formula is C19H23NO. The van der Waals surface area contributed by atoms with Crippen molar-refractivity contribution in [2.75, 3.05) is 6.61 Å². The van der Waals surface area contributed by atoms with Crippen LogP contribution in [0.5, 0.6) is 5.75 Å². The minimum atomic E-state index is -0.0922. The zero-order chi connectivity index (χ0) is 14.7. The molecule has 2 aromatic rings. The largest absolute Gasteiger partial charge is 0.494 e. The van der Waals surface area contributed by atoms with Gasteiger partial charge in [0.2, 0.25) is 0 Å². The van der Waals surface area contributed by atoms with Crippen molar-refractivity contribution >= 4 is 0 Å². The van der Waals surface area contributed by atoms with Crippen LogP contribution in [0.1, 0.15) is 54.8 Å². The SMILES string of the molecule is CCOc1cccc(C(N)c2cccc(C3CCC3)c2)c1. The fraction of sp³-hybridized carbons (Fsp3) is 0.368. The van der Waals surface area contributed by atoms with E-state index < -0.39 is 0 Å². The Balaban J connectivity index is 1.83. The predicted molar refractivity (Wildman–Crippen MR) is 86.7 cm³/mol. The quantitative estimate of drug-likeness (QED) is 0.881. The van der Waals surface area contributed by atoms with Crippen molar-refractivity contribution in [2.24, 2.45) is 5.73 Å². The Morgan fingerprint density at radius 3 is 2.48 bits per heavy atom. The lowest BCUT2D eigenvalue weighted by Crippen LogP contribution is -2.14. The number of ether oxygens (including phenoxy) is 1. The Bertz CT molecular complexity index is 604. The van der Waals surface area contributed by atoms with Crippen LogP contribution in [-0.2, 0) is 0 Å². The molecule has 1 aliphatic rings. The second-order valence-electron chi connectivity index (χ2n) is 5.78. The van der Waals surface area contributed by atoms with Crippen LogP contribution >= 0.6 is 0 Å². The highest BCUT2D eigenvalue weighted by molar-refractivity contribution is 5.38. The molecule has 1 atom stereocenters. The summed E-state index contributed by atoms with van der Waals surface area (Å²) in [5.41, 5.74) is 10.2. The molecule has 1 saturated carbocycles. The Morgan fingerprint density at radius 1 is 1.10 bits per heavy atom. The van der Waals surface area contributed by atoms with Gasteiger partial charge in [0.15, 0.2) is 0 Å². The molecule has 2 N–H and O–H groups in total. The van der Waals surface area contributed by atoms with E-state index in [2.05, 4.69) is 30.3 Å². The molecule has 0 aliphatic heterocycles. The molecule has 1 unspecified atom stereocenters. The Kier molecular flexibility index (Phi) is 4.26. The minimum absolute atomic E-state index is 0.0922. The second-order valence-corrected chi connectivity index (χ2v) is 5.78. The third kappa shape index (κ3) is 3.11. The zero-order valence-corrected chi connectivity index (χ0v) is 12.6. The van der Waals surface area contributed by atoms with Gasteiger partial charge in [0, 0.05) is 0 Å². The standard InChI is InChI=1S/C19H23NO/c1-2-21-18-11-5-10-17(13-18)19(20)16-9-4-8-15(12-16)14-6-3-7-14/h4-5,8-14,19H,2-3,6-7,20H2,1H3. The third-order valence-corrected chi connectivity index (χ3v) is 4.37. The van der Waals surface area contributed by atoms with Crippen LogP contribution in [0.4, 0.5) is 0 Å². The lowest BCUT2D eigenvalue weighted by molar-refractivity contribution is 0.340. The van der Waals surface area contributed by atoms with Gasteiger partial charge in [-0.1, -0.05) is 42.8 Å². The number of benzene rings is 2. The fourth-order valence-corrected chi connectivity index (χ4v) is 2.90. The first kappa shape index (κ1) is 14.2. The van der Waals surface area contributed by atoms with E-state index >= 15 is 0 Å². The summed E-state index contributed by atoms with van der Waals surface area (Å²) < 4.78 is 5.57. The van der Waals surface area contributed by atoms with Crippen LogP contribution < -0.4 is 10.5 Å². The Hall–Kier alpha value is -1.80. The van der Waals surface area contributed by atoms with Gasteiger partial charge >= 0.3 is 0 Å². The van der Waals surface area contributed by atoms with E-state index in [1.807, 2.05) is 25.1 Å². The molecule has 110 valence electrons. The molecular weight excluding hydrogens is 258 g/mol. The molecule has 2 heteroatoms. The zero-order valence-electron chi connectivity index (χ0n) is 12.6. The van der Waals surface area contributed by atoms with E-state index in [-0.39, 0.29) is 6.04 Å². The summed E-state index contributed by atoms with van der Waals surface area (Å²) in [6.07, 6.45) is 3.99. The van der Waals surface area contributed by atoms with Gasteiger partial charge in [0.1, 0.15) is 5.75 Å². The van der Waals surface area contributed by atoms with E-state index in [4.69, 9.17) is 10.5 Å². The predicted octanol–water partition coefficient (Wildman–Crippen LogP) is 4.40. The highest BCUT2D eigenvalue weighted by atomic mass is 16.5. The summed E-state index contributed by atoms with van der Waals surface area (Å²) in [6.45, 7) is 2.67. The van der Waals surface area contributed by atoms with Gasteiger partial charge in [-0.15, -0.1) is 0 Å². The minimum Gasteiger partial charge on any atom is -0.494 e. The number of nitrogens with two attached hydrogens (primary N) is 1. The van der Waals surface area contributed by atoms with Crippen LogP contribution in [0.3, 0.4) is 0 Å². The Labute approximate surface area is 126 Å². The van der Waals surface area contributed by atoms with Crippen LogP contribution in [0, 0.1) is 0 Å². The van der Waals surface area contributed by atoms with Crippen LogP contribution in [-0.4, -0.2) is 6.61 Å². The van der Waals surface area contributed by atoms with Gasteiger partial charge in [0.05, 0.1) is 12.6 Å². The summed E-state index contributed by atoms with van der Waals surface area (Å²) in [5.74, 6) is 1.63. The summed E-state index contributed by atoms with van der Waals surface area (Å²) in [7, 11) is 0. The van der Waals surface area contributed by atoms with Gasteiger partial charge in [-0.3, -0.25) is 0 Å². The average Bonchev–Trinajstić information content (AvgIpc) is 2.46. The first-order chi connectivity index (χ1) is 10.3. The van der Waals surface area contributed by atoms with Crippen molar-refractivity contribution < 1.29 is 4.74 Å². The van der Waals surface area contributed by atoms with E-state index in [1.165, 1.54) is 30.4 Å². The van der Waals surface area contributed by atoms with Crippen LogP contribution in [0.15, 0.2) is 48.5 Å². The molecule has 2 aromatic carbocycles. The highest BCUT2D eigenvalue weighted by Crippen LogP contribution is 2.37. The molecule has 3 rings (SSSR count). The smallest absolute Gasteiger partial charge is 0.119 e. The third-order valence-electron chi connectivity index (χ3n) is 4.37. The van der Waals surface area contributed by atoms with Crippen molar-refractivity contribution in [3.63, 3.8) is 0 Å². The molecule has 0 bridgehead atoms. The molecule has 0 amide bonds. The van der Waals surface area contributed by atoms with E-state index in [9.17, 15) is 0 Å². The first-order valence-electron chi connectivity index (χ1n) is 7.86. The van der Waals surface area contributed by atoms with Crippen molar-refractivity contribution in [1.29, 1.82) is 0 Å². The van der Waals surface area contributed by atoms with Crippen LogP contribution in [0.25, 0.3) is 0 Å². The summed E-state index contributed by atoms with van der Waals surface area (Å²) in [4.78, 5) is 0. The molecule has 1 aliphatic carbocycles. The maximum absolute atomic E-state index is 6.45. The molecule has 21 heavy (non-hydrogen) atoms. The van der Waals surface area contributed by atoms with Gasteiger partial charge in [-0.25, -0.2) is 0 Å².